The maximum Gasteiger partial charge on any atom is 0.243 e. The van der Waals surface area contributed by atoms with Crippen LogP contribution < -0.4 is 5.32 Å². The second kappa shape index (κ2) is 13.6. The van der Waals surface area contributed by atoms with Crippen molar-refractivity contribution in [3.8, 4) is 0 Å². The Morgan fingerprint density at radius 2 is 1.76 bits per heavy atom. The summed E-state index contributed by atoms with van der Waals surface area (Å²) >= 11 is 0. The standard InChI is InChI=1S/C18H37N5O4S.HI/c1-7-16(4)20-18(19-14-17(24)21(5)6)22-8-10-23(11-9-22)28(25,26)13-12-27-15(2)3;/h15-16H,7-14H2,1-6H3,(H,19,20);1H. The van der Waals surface area contributed by atoms with Crippen molar-refractivity contribution in [1.29, 1.82) is 0 Å². The van der Waals surface area contributed by atoms with Crippen LogP contribution in [0.25, 0.3) is 0 Å². The quantitative estimate of drug-likeness (QED) is 0.261. The number of ether oxygens (including phenoxy) is 1. The Balaban J connectivity index is 0.00000784. The molecule has 29 heavy (non-hydrogen) atoms. The fourth-order valence-corrected chi connectivity index (χ4v) is 3.82. The third-order valence-electron chi connectivity index (χ3n) is 4.57. The van der Waals surface area contributed by atoms with E-state index >= 15 is 0 Å². The summed E-state index contributed by atoms with van der Waals surface area (Å²) in [5, 5.41) is 3.35. The van der Waals surface area contributed by atoms with Gasteiger partial charge in [-0.3, -0.25) is 4.79 Å². The molecular formula is C18H38IN5O4S. The third-order valence-corrected chi connectivity index (χ3v) is 6.41. The van der Waals surface area contributed by atoms with Gasteiger partial charge in [-0.05, 0) is 27.2 Å². The molecule has 1 aliphatic heterocycles. The van der Waals surface area contributed by atoms with Crippen molar-refractivity contribution < 1.29 is 17.9 Å². The Bertz CT molecular complexity index is 620. The summed E-state index contributed by atoms with van der Waals surface area (Å²) in [6.07, 6.45) is 0.938. The SMILES string of the molecule is CCC(C)NC(=NCC(=O)N(C)C)N1CCN(S(=O)(=O)CCOC(C)C)CC1.I. The van der Waals surface area contributed by atoms with Gasteiger partial charge in [0.2, 0.25) is 15.9 Å². The molecule has 1 heterocycles. The van der Waals surface area contributed by atoms with Crippen LogP contribution in [0.5, 0.6) is 0 Å². The molecule has 0 radical (unpaired) electrons. The molecule has 0 aromatic heterocycles. The van der Waals surface area contributed by atoms with Gasteiger partial charge in [0.25, 0.3) is 0 Å². The lowest BCUT2D eigenvalue weighted by atomic mass is 10.2. The van der Waals surface area contributed by atoms with E-state index in [1.807, 2.05) is 18.7 Å². The zero-order chi connectivity index (χ0) is 21.3. The Kier molecular flexibility index (Phi) is 13.3. The number of likely N-dealkylation sites (N-methyl/N-ethyl adjacent to an activating group) is 1. The lowest BCUT2D eigenvalue weighted by Crippen LogP contribution is -2.55. The summed E-state index contributed by atoms with van der Waals surface area (Å²) in [4.78, 5) is 19.9. The van der Waals surface area contributed by atoms with Crippen LogP contribution in [-0.4, -0.2) is 106 Å². The van der Waals surface area contributed by atoms with Gasteiger partial charge < -0.3 is 19.9 Å². The Hall–Kier alpha value is -0.660. The van der Waals surface area contributed by atoms with Crippen LogP contribution in [0.4, 0.5) is 0 Å². The molecular weight excluding hydrogens is 509 g/mol. The van der Waals surface area contributed by atoms with Crippen molar-refractivity contribution in [2.45, 2.75) is 46.3 Å². The number of piperazine rings is 1. The van der Waals surface area contributed by atoms with Crippen LogP contribution in [0.3, 0.4) is 0 Å². The second-order valence-electron chi connectivity index (χ2n) is 7.50. The maximum absolute atomic E-state index is 12.5. The molecule has 0 aliphatic carbocycles. The van der Waals surface area contributed by atoms with Crippen LogP contribution in [-0.2, 0) is 19.6 Å². The Labute approximate surface area is 193 Å². The second-order valence-corrected chi connectivity index (χ2v) is 9.59. The minimum absolute atomic E-state index is 0. The van der Waals surface area contributed by atoms with Gasteiger partial charge in [0, 0.05) is 46.3 Å². The molecule has 1 fully saturated rings. The zero-order valence-electron chi connectivity index (χ0n) is 18.5. The summed E-state index contributed by atoms with van der Waals surface area (Å²) in [6.45, 7) is 10.0. The first kappa shape index (κ1) is 28.3. The van der Waals surface area contributed by atoms with E-state index in [1.54, 1.807) is 14.1 Å². The molecule has 9 nitrogen and oxygen atoms in total. The monoisotopic (exact) mass is 547 g/mol. The van der Waals surface area contributed by atoms with Gasteiger partial charge in [-0.25, -0.2) is 13.4 Å². The molecule has 1 saturated heterocycles. The average molecular weight is 548 g/mol. The van der Waals surface area contributed by atoms with Gasteiger partial charge in [0.1, 0.15) is 6.54 Å². The number of carbonyl (C=O) groups excluding carboxylic acids is 1. The number of aliphatic imine (C=N–C) groups is 1. The fourth-order valence-electron chi connectivity index (χ4n) is 2.54. The van der Waals surface area contributed by atoms with Crippen molar-refractivity contribution in [3.05, 3.63) is 0 Å². The number of hydrogen-bond donors (Lipinski definition) is 1. The summed E-state index contributed by atoms with van der Waals surface area (Å²) in [6, 6.07) is 0.211. The van der Waals surface area contributed by atoms with E-state index in [4.69, 9.17) is 4.74 Å². The van der Waals surface area contributed by atoms with Gasteiger partial charge >= 0.3 is 0 Å². The molecule has 1 unspecified atom stereocenters. The van der Waals surface area contributed by atoms with Gasteiger partial charge in [-0.2, -0.15) is 4.31 Å². The highest BCUT2D eigenvalue weighted by atomic mass is 127. The van der Waals surface area contributed by atoms with Gasteiger partial charge in [-0.15, -0.1) is 24.0 Å². The first-order valence-electron chi connectivity index (χ1n) is 9.92. The van der Waals surface area contributed by atoms with E-state index in [0.717, 1.165) is 6.42 Å². The molecule has 0 saturated carbocycles. The molecule has 0 aromatic rings. The van der Waals surface area contributed by atoms with Crippen molar-refractivity contribution in [1.82, 2.24) is 19.4 Å². The van der Waals surface area contributed by atoms with Crippen molar-refractivity contribution in [2.75, 3.05) is 59.2 Å². The van der Waals surface area contributed by atoms with Crippen molar-refractivity contribution in [2.24, 2.45) is 4.99 Å². The van der Waals surface area contributed by atoms with E-state index in [1.165, 1.54) is 9.21 Å². The van der Waals surface area contributed by atoms with Gasteiger partial charge in [0.05, 0.1) is 18.5 Å². The number of hydrogen-bond acceptors (Lipinski definition) is 5. The lowest BCUT2D eigenvalue weighted by molar-refractivity contribution is -0.127. The highest BCUT2D eigenvalue weighted by Gasteiger charge is 2.28. The minimum atomic E-state index is -3.33. The molecule has 1 atom stereocenters. The molecule has 1 rings (SSSR count). The number of rotatable bonds is 9. The molecule has 1 N–H and O–H groups in total. The largest absolute Gasteiger partial charge is 0.378 e. The molecule has 0 spiro atoms. The minimum Gasteiger partial charge on any atom is -0.378 e. The topological polar surface area (TPSA) is 94.5 Å². The first-order valence-corrected chi connectivity index (χ1v) is 11.5. The van der Waals surface area contributed by atoms with Gasteiger partial charge in [0.15, 0.2) is 5.96 Å². The molecule has 1 amide bonds. The number of nitrogens with one attached hydrogen (secondary N) is 1. The molecule has 0 aromatic carbocycles. The van der Waals surface area contributed by atoms with E-state index in [2.05, 4.69) is 24.2 Å². The van der Waals surface area contributed by atoms with Crippen molar-refractivity contribution in [3.63, 3.8) is 0 Å². The number of carbonyl (C=O) groups is 1. The Morgan fingerprint density at radius 3 is 2.24 bits per heavy atom. The molecule has 172 valence electrons. The maximum atomic E-state index is 12.5. The van der Waals surface area contributed by atoms with Crippen molar-refractivity contribution >= 4 is 45.9 Å². The summed E-state index contributed by atoms with van der Waals surface area (Å²) in [7, 11) is 0.0691. The third kappa shape index (κ3) is 10.3. The average Bonchev–Trinajstić information content (AvgIpc) is 2.64. The molecule has 0 bridgehead atoms. The normalized spacial score (nSPS) is 17.1. The van der Waals surface area contributed by atoms with E-state index in [-0.39, 0.29) is 60.9 Å². The van der Waals surface area contributed by atoms with E-state index < -0.39 is 10.0 Å². The molecule has 1 aliphatic rings. The number of amides is 1. The highest BCUT2D eigenvalue weighted by Crippen LogP contribution is 2.09. The van der Waals surface area contributed by atoms with Crippen LogP contribution in [0.2, 0.25) is 0 Å². The van der Waals surface area contributed by atoms with Gasteiger partial charge in [-0.1, -0.05) is 6.92 Å². The summed E-state index contributed by atoms with van der Waals surface area (Å²) in [5.41, 5.74) is 0. The lowest BCUT2D eigenvalue weighted by Gasteiger charge is -2.36. The van der Waals surface area contributed by atoms with Crippen LogP contribution in [0.15, 0.2) is 4.99 Å². The van der Waals surface area contributed by atoms with E-state index in [0.29, 0.717) is 32.1 Å². The summed E-state index contributed by atoms with van der Waals surface area (Å²) in [5.74, 6) is 0.578. The van der Waals surface area contributed by atoms with E-state index in [9.17, 15) is 13.2 Å². The first-order chi connectivity index (χ1) is 13.1. The zero-order valence-corrected chi connectivity index (χ0v) is 21.7. The van der Waals surface area contributed by atoms with Crippen LogP contribution in [0, 0.1) is 0 Å². The van der Waals surface area contributed by atoms with Crippen LogP contribution >= 0.6 is 24.0 Å². The number of nitrogens with zero attached hydrogens (tertiary/aromatic N) is 4. The fraction of sp³-hybridized carbons (Fsp3) is 0.889. The highest BCUT2D eigenvalue weighted by molar-refractivity contribution is 14.0. The smallest absolute Gasteiger partial charge is 0.243 e. The molecule has 11 heteroatoms. The Morgan fingerprint density at radius 1 is 1.17 bits per heavy atom. The number of sulfonamides is 1. The number of halogens is 1. The summed E-state index contributed by atoms with van der Waals surface area (Å²) < 4.78 is 31.9. The van der Waals surface area contributed by atoms with Crippen LogP contribution in [0.1, 0.15) is 34.1 Å². The number of guanidine groups is 1. The predicted octanol–water partition coefficient (Wildman–Crippen LogP) is 0.809. The predicted molar refractivity (Wildman–Crippen MR) is 127 cm³/mol.